The van der Waals surface area contributed by atoms with Gasteiger partial charge in [-0.05, 0) is 48.3 Å². The van der Waals surface area contributed by atoms with Crippen LogP contribution >= 0.6 is 0 Å². The Morgan fingerprint density at radius 1 is 0.967 bits per heavy atom. The Labute approximate surface area is 174 Å². The van der Waals surface area contributed by atoms with E-state index in [2.05, 4.69) is 27.6 Å². The van der Waals surface area contributed by atoms with Gasteiger partial charge in [-0.2, -0.15) is 5.10 Å². The number of nitrogens with one attached hydrogen (secondary N) is 2. The molecular formula is C24H24N4O2. The van der Waals surface area contributed by atoms with Crippen molar-refractivity contribution in [2.45, 2.75) is 50.7 Å². The number of hydrogen-bond donors (Lipinski definition) is 2. The van der Waals surface area contributed by atoms with Crippen molar-refractivity contribution < 1.29 is 4.79 Å². The predicted molar refractivity (Wildman–Crippen MR) is 114 cm³/mol. The van der Waals surface area contributed by atoms with Gasteiger partial charge in [0.2, 0.25) is 0 Å². The van der Waals surface area contributed by atoms with Gasteiger partial charge in [-0.25, -0.2) is 9.89 Å². The summed E-state index contributed by atoms with van der Waals surface area (Å²) in [5.41, 5.74) is 3.72. The minimum Gasteiger partial charge on any atom is -0.335 e. The Balaban J connectivity index is 1.06. The second-order valence-corrected chi connectivity index (χ2v) is 9.27. The van der Waals surface area contributed by atoms with Gasteiger partial charge in [0.05, 0.1) is 11.1 Å². The van der Waals surface area contributed by atoms with Gasteiger partial charge in [0.15, 0.2) is 0 Å². The third-order valence-corrected chi connectivity index (χ3v) is 7.29. The lowest BCUT2D eigenvalue weighted by Gasteiger charge is -2.57. The number of aromatic amines is 1. The maximum Gasteiger partial charge on any atom is 0.318 e. The molecule has 152 valence electrons. The zero-order chi connectivity index (χ0) is 20.3. The molecule has 2 amide bonds. The molecular weight excluding hydrogens is 376 g/mol. The standard InChI is InChI=1S/C24H24N4O2/c29-22-20-8-4-3-7-19(20)21(26-27-22)17-9-24(10-17)11-18(12-24)25-23(30)28-13-15-5-1-2-6-16(15)14-28/h1-8,17-18H,9-14H2,(H,25,30)(H,27,29). The van der Waals surface area contributed by atoms with Crippen molar-refractivity contribution in [2.24, 2.45) is 5.41 Å². The monoisotopic (exact) mass is 400 g/mol. The summed E-state index contributed by atoms with van der Waals surface area (Å²) in [6.07, 6.45) is 4.24. The third kappa shape index (κ3) is 2.74. The fourth-order valence-corrected chi connectivity index (χ4v) is 5.79. The smallest absolute Gasteiger partial charge is 0.318 e. The first-order valence-electron chi connectivity index (χ1n) is 10.7. The van der Waals surface area contributed by atoms with Crippen molar-refractivity contribution in [2.75, 3.05) is 0 Å². The lowest BCUT2D eigenvalue weighted by molar-refractivity contribution is -0.0191. The zero-order valence-electron chi connectivity index (χ0n) is 16.7. The lowest BCUT2D eigenvalue weighted by Crippen LogP contribution is -2.57. The molecule has 2 saturated carbocycles. The molecule has 0 unspecified atom stereocenters. The van der Waals surface area contributed by atoms with Crippen LogP contribution in [-0.4, -0.2) is 27.2 Å². The molecule has 0 saturated heterocycles. The Hall–Kier alpha value is -3.15. The van der Waals surface area contributed by atoms with Crippen molar-refractivity contribution in [3.05, 3.63) is 75.7 Å². The first-order chi connectivity index (χ1) is 14.6. The Morgan fingerprint density at radius 2 is 1.60 bits per heavy atom. The van der Waals surface area contributed by atoms with Crippen LogP contribution in [0.1, 0.15) is 48.4 Å². The van der Waals surface area contributed by atoms with Gasteiger partial charge in [-0.1, -0.05) is 42.5 Å². The van der Waals surface area contributed by atoms with Crippen LogP contribution in [0.5, 0.6) is 0 Å². The summed E-state index contributed by atoms with van der Waals surface area (Å²) in [5.74, 6) is 0.386. The van der Waals surface area contributed by atoms with E-state index in [9.17, 15) is 9.59 Å². The fourth-order valence-electron chi connectivity index (χ4n) is 5.79. The Morgan fingerprint density at radius 3 is 2.30 bits per heavy atom. The summed E-state index contributed by atoms with van der Waals surface area (Å²) in [6, 6.07) is 16.3. The summed E-state index contributed by atoms with van der Waals surface area (Å²) < 4.78 is 0. The van der Waals surface area contributed by atoms with E-state index in [1.807, 2.05) is 41.3 Å². The topological polar surface area (TPSA) is 78.1 Å². The van der Waals surface area contributed by atoms with Crippen molar-refractivity contribution >= 4 is 16.8 Å². The molecule has 2 heterocycles. The second kappa shape index (κ2) is 6.42. The van der Waals surface area contributed by atoms with E-state index in [-0.39, 0.29) is 17.6 Å². The highest BCUT2D eigenvalue weighted by Crippen LogP contribution is 2.62. The van der Waals surface area contributed by atoms with Gasteiger partial charge in [-0.15, -0.1) is 0 Å². The van der Waals surface area contributed by atoms with E-state index in [1.165, 1.54) is 11.1 Å². The van der Waals surface area contributed by atoms with Crippen molar-refractivity contribution in [3.8, 4) is 0 Å². The van der Waals surface area contributed by atoms with Gasteiger partial charge in [-0.3, -0.25) is 4.79 Å². The minimum absolute atomic E-state index is 0.0511. The van der Waals surface area contributed by atoms with Crippen LogP contribution in [-0.2, 0) is 13.1 Å². The van der Waals surface area contributed by atoms with Gasteiger partial charge in [0.25, 0.3) is 5.56 Å². The van der Waals surface area contributed by atoms with Crippen LogP contribution in [0.3, 0.4) is 0 Å². The molecule has 2 aliphatic carbocycles. The SMILES string of the molecule is O=C(NC1CC2(C1)CC(c1n[nH]c(=O)c3ccccc13)C2)N1Cc2ccccc2C1. The molecule has 2 fully saturated rings. The zero-order valence-corrected chi connectivity index (χ0v) is 16.7. The molecule has 3 aliphatic rings. The molecule has 2 aromatic carbocycles. The number of benzene rings is 2. The van der Waals surface area contributed by atoms with Crippen LogP contribution in [0.4, 0.5) is 4.79 Å². The molecule has 0 radical (unpaired) electrons. The molecule has 6 heteroatoms. The van der Waals surface area contributed by atoms with Crippen molar-refractivity contribution in [3.63, 3.8) is 0 Å². The molecule has 1 aliphatic heterocycles. The number of urea groups is 1. The molecule has 6 nitrogen and oxygen atoms in total. The van der Waals surface area contributed by atoms with Crippen LogP contribution in [0.25, 0.3) is 10.8 Å². The fraction of sp³-hybridized carbons (Fsp3) is 0.375. The molecule has 30 heavy (non-hydrogen) atoms. The van der Waals surface area contributed by atoms with Gasteiger partial charge >= 0.3 is 6.03 Å². The number of fused-ring (bicyclic) bond motifs is 2. The summed E-state index contributed by atoms with van der Waals surface area (Å²) in [6.45, 7) is 1.40. The number of carbonyl (C=O) groups excluding carboxylic acids is 1. The third-order valence-electron chi connectivity index (χ3n) is 7.29. The van der Waals surface area contributed by atoms with E-state index in [4.69, 9.17) is 0 Å². The number of amides is 2. The number of carbonyl (C=O) groups is 1. The summed E-state index contributed by atoms with van der Waals surface area (Å²) in [5, 5.41) is 12.0. The maximum atomic E-state index is 12.7. The average molecular weight is 400 g/mol. The molecule has 6 rings (SSSR count). The van der Waals surface area contributed by atoms with Gasteiger partial charge < -0.3 is 10.2 Å². The van der Waals surface area contributed by atoms with E-state index in [0.29, 0.717) is 29.8 Å². The van der Waals surface area contributed by atoms with Crippen LogP contribution < -0.4 is 10.9 Å². The number of nitrogens with zero attached hydrogens (tertiary/aromatic N) is 2. The normalized spacial score (nSPS) is 26.9. The summed E-state index contributed by atoms with van der Waals surface area (Å²) in [4.78, 5) is 26.6. The molecule has 3 aromatic rings. The van der Waals surface area contributed by atoms with Crippen LogP contribution in [0.2, 0.25) is 0 Å². The number of aromatic nitrogens is 2. The highest BCUT2D eigenvalue weighted by molar-refractivity contribution is 5.84. The van der Waals surface area contributed by atoms with Crippen molar-refractivity contribution in [1.29, 1.82) is 0 Å². The highest BCUT2D eigenvalue weighted by Gasteiger charge is 2.54. The first kappa shape index (κ1) is 17.7. The molecule has 0 bridgehead atoms. The Bertz CT molecular complexity index is 1180. The van der Waals surface area contributed by atoms with E-state index < -0.39 is 0 Å². The van der Waals surface area contributed by atoms with Crippen LogP contribution in [0, 0.1) is 5.41 Å². The number of hydrogen-bond acceptors (Lipinski definition) is 3. The second-order valence-electron chi connectivity index (χ2n) is 9.27. The van der Waals surface area contributed by atoms with E-state index >= 15 is 0 Å². The summed E-state index contributed by atoms with van der Waals surface area (Å²) >= 11 is 0. The molecule has 0 atom stereocenters. The quantitative estimate of drug-likeness (QED) is 0.689. The van der Waals surface area contributed by atoms with Crippen molar-refractivity contribution in [1.82, 2.24) is 20.4 Å². The first-order valence-corrected chi connectivity index (χ1v) is 10.7. The Kier molecular flexibility index (Phi) is 3.79. The van der Waals surface area contributed by atoms with Crippen LogP contribution in [0.15, 0.2) is 53.3 Å². The maximum absolute atomic E-state index is 12.7. The molecule has 1 aromatic heterocycles. The number of H-pyrrole nitrogens is 1. The predicted octanol–water partition coefficient (Wildman–Crippen LogP) is 3.67. The number of rotatable bonds is 2. The molecule has 2 N–H and O–H groups in total. The van der Waals surface area contributed by atoms with E-state index in [0.717, 1.165) is 36.8 Å². The minimum atomic E-state index is -0.126. The van der Waals surface area contributed by atoms with E-state index in [1.54, 1.807) is 0 Å². The average Bonchev–Trinajstić information content (AvgIpc) is 3.14. The van der Waals surface area contributed by atoms with Gasteiger partial charge in [0, 0.05) is 30.4 Å². The lowest BCUT2D eigenvalue weighted by atomic mass is 9.49. The molecule has 1 spiro atoms. The van der Waals surface area contributed by atoms with Gasteiger partial charge in [0.1, 0.15) is 0 Å². The summed E-state index contributed by atoms with van der Waals surface area (Å²) in [7, 11) is 0. The highest BCUT2D eigenvalue weighted by atomic mass is 16.2. The largest absolute Gasteiger partial charge is 0.335 e.